The standard InChI is InChI=1S/C25H23N3O3/c29-23(27-17-6-2-1-3-7-17)21-20-10-12-25(31-20)15-28(24(30)22(21)25)13-11-16-14-26-19-9-5-4-8-18(16)19/h1-10,12,14,20-22,26H,11,13,15H2,(H,27,29)/t20-,21?,22+,25-/m0/s1. The van der Waals surface area contributed by atoms with Crippen LogP contribution in [0, 0.1) is 11.8 Å². The van der Waals surface area contributed by atoms with Crippen LogP contribution in [0.15, 0.2) is 72.9 Å². The summed E-state index contributed by atoms with van der Waals surface area (Å²) in [6.45, 7) is 1.11. The van der Waals surface area contributed by atoms with E-state index in [4.69, 9.17) is 4.74 Å². The molecule has 3 aliphatic rings. The maximum absolute atomic E-state index is 13.4. The summed E-state index contributed by atoms with van der Waals surface area (Å²) in [5.41, 5.74) is 2.34. The normalized spacial score (nSPS) is 28.5. The van der Waals surface area contributed by atoms with Crippen LogP contribution in [0.2, 0.25) is 0 Å². The molecule has 6 rings (SSSR count). The number of likely N-dealkylation sites (tertiary alicyclic amines) is 1. The van der Waals surface area contributed by atoms with Gasteiger partial charge in [0, 0.05) is 29.3 Å². The highest BCUT2D eigenvalue weighted by molar-refractivity contribution is 5.99. The lowest BCUT2D eigenvalue weighted by atomic mass is 9.77. The number of H-pyrrole nitrogens is 1. The molecule has 156 valence electrons. The number of rotatable bonds is 5. The number of ether oxygens (including phenoxy) is 1. The molecule has 1 unspecified atom stereocenters. The average Bonchev–Trinajstić information content (AvgIpc) is 3.53. The lowest BCUT2D eigenvalue weighted by Crippen LogP contribution is -2.41. The molecular weight excluding hydrogens is 390 g/mol. The molecule has 2 amide bonds. The Morgan fingerprint density at radius 2 is 1.97 bits per heavy atom. The van der Waals surface area contributed by atoms with Gasteiger partial charge in [0.2, 0.25) is 11.8 Å². The van der Waals surface area contributed by atoms with Gasteiger partial charge < -0.3 is 19.9 Å². The minimum Gasteiger partial charge on any atom is -0.361 e. The Morgan fingerprint density at radius 1 is 1.16 bits per heavy atom. The Hall–Kier alpha value is -3.38. The number of para-hydroxylation sites is 2. The predicted molar refractivity (Wildman–Crippen MR) is 117 cm³/mol. The van der Waals surface area contributed by atoms with Crippen LogP contribution >= 0.6 is 0 Å². The summed E-state index contributed by atoms with van der Waals surface area (Å²) < 4.78 is 6.22. The van der Waals surface area contributed by atoms with Gasteiger partial charge in [0.25, 0.3) is 0 Å². The van der Waals surface area contributed by atoms with Gasteiger partial charge in [-0.1, -0.05) is 48.6 Å². The van der Waals surface area contributed by atoms with Crippen LogP contribution in [0.4, 0.5) is 5.69 Å². The molecule has 4 heterocycles. The molecule has 3 aromatic rings. The third-order valence-corrected chi connectivity index (χ3v) is 6.85. The molecule has 0 aliphatic carbocycles. The molecule has 2 aromatic carbocycles. The van der Waals surface area contributed by atoms with Crippen molar-refractivity contribution in [1.29, 1.82) is 0 Å². The van der Waals surface area contributed by atoms with Crippen LogP contribution in [0.25, 0.3) is 10.9 Å². The lowest BCUT2D eigenvalue weighted by molar-refractivity contribution is -0.135. The van der Waals surface area contributed by atoms with E-state index in [1.54, 1.807) is 0 Å². The number of hydrogen-bond acceptors (Lipinski definition) is 3. The van der Waals surface area contributed by atoms with Crippen LogP contribution in [0.1, 0.15) is 5.56 Å². The van der Waals surface area contributed by atoms with Crippen LogP contribution < -0.4 is 5.32 Å². The highest BCUT2D eigenvalue weighted by Gasteiger charge is 2.66. The zero-order valence-electron chi connectivity index (χ0n) is 17.0. The third-order valence-electron chi connectivity index (χ3n) is 6.85. The molecule has 2 N–H and O–H groups in total. The minimum absolute atomic E-state index is 0.0138. The molecule has 0 radical (unpaired) electrons. The van der Waals surface area contributed by atoms with Gasteiger partial charge in [0.15, 0.2) is 0 Å². The van der Waals surface area contributed by atoms with E-state index in [1.807, 2.05) is 65.7 Å². The van der Waals surface area contributed by atoms with E-state index in [2.05, 4.69) is 22.4 Å². The zero-order chi connectivity index (χ0) is 21.0. The number of anilines is 1. The van der Waals surface area contributed by atoms with Crippen LogP contribution in [0.5, 0.6) is 0 Å². The van der Waals surface area contributed by atoms with Gasteiger partial charge >= 0.3 is 0 Å². The monoisotopic (exact) mass is 413 g/mol. The van der Waals surface area contributed by atoms with E-state index in [0.29, 0.717) is 13.1 Å². The minimum atomic E-state index is -0.680. The quantitative estimate of drug-likeness (QED) is 0.631. The van der Waals surface area contributed by atoms with Crippen molar-refractivity contribution in [3.8, 4) is 0 Å². The number of aromatic amines is 1. The van der Waals surface area contributed by atoms with Crippen molar-refractivity contribution in [2.24, 2.45) is 11.8 Å². The molecule has 1 aromatic heterocycles. The van der Waals surface area contributed by atoms with E-state index in [-0.39, 0.29) is 17.9 Å². The maximum atomic E-state index is 13.4. The fourth-order valence-electron chi connectivity index (χ4n) is 5.41. The molecule has 1 spiro atoms. The first kappa shape index (κ1) is 18.4. The number of fused-ring (bicyclic) bond motifs is 2. The van der Waals surface area contributed by atoms with Gasteiger partial charge in [0.05, 0.1) is 24.5 Å². The summed E-state index contributed by atoms with van der Waals surface area (Å²) in [5.74, 6) is -1.11. The first-order valence-corrected chi connectivity index (χ1v) is 10.7. The zero-order valence-corrected chi connectivity index (χ0v) is 17.0. The van der Waals surface area contributed by atoms with Crippen molar-refractivity contribution >= 4 is 28.4 Å². The smallest absolute Gasteiger partial charge is 0.231 e. The second-order valence-electron chi connectivity index (χ2n) is 8.62. The van der Waals surface area contributed by atoms with Crippen molar-refractivity contribution in [1.82, 2.24) is 9.88 Å². The third kappa shape index (κ3) is 2.82. The van der Waals surface area contributed by atoms with Crippen LogP contribution in [-0.4, -0.2) is 46.5 Å². The Morgan fingerprint density at radius 3 is 2.84 bits per heavy atom. The Balaban J connectivity index is 1.21. The summed E-state index contributed by atoms with van der Waals surface area (Å²) >= 11 is 0. The number of benzene rings is 2. The van der Waals surface area contributed by atoms with E-state index < -0.39 is 17.4 Å². The van der Waals surface area contributed by atoms with Crippen molar-refractivity contribution in [2.75, 3.05) is 18.4 Å². The Kier molecular flexibility index (Phi) is 4.05. The van der Waals surface area contributed by atoms with Crippen molar-refractivity contribution < 1.29 is 14.3 Å². The molecule has 2 bridgehead atoms. The summed E-state index contributed by atoms with van der Waals surface area (Å²) in [6, 6.07) is 17.5. The highest BCUT2D eigenvalue weighted by Crippen LogP contribution is 2.52. The number of nitrogens with zero attached hydrogens (tertiary/aromatic N) is 1. The second kappa shape index (κ2) is 6.82. The lowest BCUT2D eigenvalue weighted by Gasteiger charge is -2.23. The molecule has 6 heteroatoms. The number of nitrogens with one attached hydrogen (secondary N) is 2. The van der Waals surface area contributed by atoms with E-state index in [1.165, 1.54) is 10.9 Å². The number of carbonyl (C=O) groups is 2. The van der Waals surface area contributed by atoms with Gasteiger partial charge in [-0.2, -0.15) is 0 Å². The molecule has 2 saturated heterocycles. The summed E-state index contributed by atoms with van der Waals surface area (Å²) in [4.78, 5) is 31.6. The second-order valence-corrected chi connectivity index (χ2v) is 8.62. The van der Waals surface area contributed by atoms with E-state index >= 15 is 0 Å². The summed E-state index contributed by atoms with van der Waals surface area (Å²) in [5, 5.41) is 4.15. The first-order valence-electron chi connectivity index (χ1n) is 10.7. The number of aromatic nitrogens is 1. The summed E-state index contributed by atoms with van der Waals surface area (Å²) in [7, 11) is 0. The maximum Gasteiger partial charge on any atom is 0.231 e. The van der Waals surface area contributed by atoms with Gasteiger partial charge in [-0.25, -0.2) is 0 Å². The Labute approximate surface area is 179 Å². The van der Waals surface area contributed by atoms with Crippen LogP contribution in [-0.2, 0) is 20.7 Å². The van der Waals surface area contributed by atoms with Gasteiger partial charge in [-0.3, -0.25) is 9.59 Å². The first-order chi connectivity index (χ1) is 15.1. The SMILES string of the molecule is O=C(Nc1ccccc1)C1[C@@H]2C=C[C@@]3(CN(CCc4c[nH]c5ccccc45)C(=O)[C@@H]13)O2. The molecule has 2 fully saturated rings. The fraction of sp³-hybridized carbons (Fsp3) is 0.280. The summed E-state index contributed by atoms with van der Waals surface area (Å²) in [6.07, 6.45) is 6.38. The number of hydrogen-bond donors (Lipinski definition) is 2. The van der Waals surface area contributed by atoms with E-state index in [9.17, 15) is 9.59 Å². The van der Waals surface area contributed by atoms with Gasteiger partial charge in [0.1, 0.15) is 5.60 Å². The fourth-order valence-corrected chi connectivity index (χ4v) is 5.41. The highest BCUT2D eigenvalue weighted by atomic mass is 16.5. The van der Waals surface area contributed by atoms with Crippen molar-refractivity contribution in [3.63, 3.8) is 0 Å². The van der Waals surface area contributed by atoms with Gasteiger partial charge in [-0.15, -0.1) is 0 Å². The largest absolute Gasteiger partial charge is 0.361 e. The number of carbonyl (C=O) groups excluding carboxylic acids is 2. The molecule has 31 heavy (non-hydrogen) atoms. The molecule has 6 nitrogen and oxygen atoms in total. The predicted octanol–water partition coefficient (Wildman–Crippen LogP) is 3.13. The molecule has 3 aliphatic heterocycles. The van der Waals surface area contributed by atoms with Gasteiger partial charge in [-0.05, 0) is 30.2 Å². The number of amides is 2. The molecule has 0 saturated carbocycles. The van der Waals surface area contributed by atoms with E-state index in [0.717, 1.165) is 17.6 Å². The average molecular weight is 413 g/mol. The topological polar surface area (TPSA) is 74.4 Å². The van der Waals surface area contributed by atoms with Crippen LogP contribution in [0.3, 0.4) is 0 Å². The van der Waals surface area contributed by atoms with Crippen molar-refractivity contribution in [3.05, 3.63) is 78.5 Å². The Bertz CT molecular complexity index is 1200. The molecule has 4 atom stereocenters. The van der Waals surface area contributed by atoms with Crippen molar-refractivity contribution in [2.45, 2.75) is 18.1 Å². The molecular formula is C25H23N3O3.